The van der Waals surface area contributed by atoms with E-state index in [0.29, 0.717) is 11.8 Å². The molecule has 0 unspecified atom stereocenters. The smallest absolute Gasteiger partial charge is 0.123 e. The molecule has 1 aliphatic rings. The maximum Gasteiger partial charge on any atom is 0.123 e. The van der Waals surface area contributed by atoms with Crippen LogP contribution in [0.2, 0.25) is 0 Å². The molecule has 0 N–H and O–H groups in total. The van der Waals surface area contributed by atoms with Crippen LogP contribution in [0.4, 0.5) is 0 Å². The summed E-state index contributed by atoms with van der Waals surface area (Å²) in [6, 6.07) is 8.63. The highest BCUT2D eigenvalue weighted by Gasteiger charge is 2.22. The third-order valence-electron chi connectivity index (χ3n) is 3.59. The zero-order valence-electron chi connectivity index (χ0n) is 9.28. The Balaban J connectivity index is 2.07. The fraction of sp³-hybridized carbons (Fsp3) is 0.500. The first-order chi connectivity index (χ1) is 7.31. The highest BCUT2D eigenvalue weighted by molar-refractivity contribution is 5.53. The van der Waals surface area contributed by atoms with Crippen molar-refractivity contribution in [1.82, 2.24) is 0 Å². The van der Waals surface area contributed by atoms with Crippen LogP contribution >= 0.6 is 0 Å². The molecule has 0 aliphatic heterocycles. The molecule has 0 aromatic heterocycles. The van der Waals surface area contributed by atoms with Crippen LogP contribution in [0.1, 0.15) is 42.7 Å². The van der Waals surface area contributed by atoms with E-state index >= 15 is 0 Å². The molecule has 0 bridgehead atoms. The molecule has 15 heavy (non-hydrogen) atoms. The molecule has 0 saturated heterocycles. The molecule has 1 saturated carbocycles. The number of rotatable bonds is 2. The minimum atomic E-state index is 0.324. The van der Waals surface area contributed by atoms with Gasteiger partial charge in [0.05, 0.1) is 0 Å². The number of aryl methyl sites for hydroxylation is 1. The number of hydrogen-bond donors (Lipinski definition) is 0. The summed E-state index contributed by atoms with van der Waals surface area (Å²) in [5.74, 6) is 1.01. The largest absolute Gasteiger partial charge is 0.303 e. The van der Waals surface area contributed by atoms with Crippen LogP contribution in [0, 0.1) is 12.8 Å². The Hall–Kier alpha value is -1.11. The Labute approximate surface area is 91.5 Å². The first-order valence-electron chi connectivity index (χ1n) is 5.82. The number of aldehydes is 1. The highest BCUT2D eigenvalue weighted by Crippen LogP contribution is 2.36. The third-order valence-corrected chi connectivity index (χ3v) is 3.59. The molecule has 1 aromatic rings. The minimum absolute atomic E-state index is 0.324. The molecule has 0 spiro atoms. The van der Waals surface area contributed by atoms with Crippen molar-refractivity contribution in [3.63, 3.8) is 0 Å². The van der Waals surface area contributed by atoms with E-state index < -0.39 is 0 Å². The van der Waals surface area contributed by atoms with Crippen molar-refractivity contribution in [1.29, 1.82) is 0 Å². The van der Waals surface area contributed by atoms with Gasteiger partial charge >= 0.3 is 0 Å². The van der Waals surface area contributed by atoms with Crippen LogP contribution in [0.3, 0.4) is 0 Å². The monoisotopic (exact) mass is 202 g/mol. The van der Waals surface area contributed by atoms with Crippen LogP contribution in [0.15, 0.2) is 24.3 Å². The minimum Gasteiger partial charge on any atom is -0.303 e. The van der Waals surface area contributed by atoms with Gasteiger partial charge in [0.15, 0.2) is 0 Å². The van der Waals surface area contributed by atoms with Crippen LogP contribution in [-0.4, -0.2) is 6.29 Å². The molecule has 0 radical (unpaired) electrons. The molecule has 1 heteroatoms. The second kappa shape index (κ2) is 4.61. The van der Waals surface area contributed by atoms with Gasteiger partial charge in [0.1, 0.15) is 6.29 Å². The SMILES string of the molecule is Cc1ccccc1[C@H]1CC[C@H](C=O)CC1. The number of carbonyl (C=O) groups excluding carboxylic acids is 1. The maximum atomic E-state index is 10.7. The van der Waals surface area contributed by atoms with Crippen LogP contribution < -0.4 is 0 Å². The standard InChI is InChI=1S/C14H18O/c1-11-4-2-3-5-14(11)13-8-6-12(10-15)7-9-13/h2-5,10,12-13H,6-9H2,1H3/t12-,13-. The van der Waals surface area contributed by atoms with Crippen molar-refractivity contribution in [2.24, 2.45) is 5.92 Å². The third kappa shape index (κ3) is 2.28. The molecular weight excluding hydrogens is 184 g/mol. The summed E-state index contributed by atoms with van der Waals surface area (Å²) in [5, 5.41) is 0. The van der Waals surface area contributed by atoms with Gasteiger partial charge in [-0.1, -0.05) is 24.3 Å². The predicted octanol–water partition coefficient (Wildman–Crippen LogP) is 3.47. The van der Waals surface area contributed by atoms with Crippen LogP contribution in [0.5, 0.6) is 0 Å². The van der Waals surface area contributed by atoms with Gasteiger partial charge in [-0.05, 0) is 49.7 Å². The average molecular weight is 202 g/mol. The summed E-state index contributed by atoms with van der Waals surface area (Å²) in [4.78, 5) is 10.7. The van der Waals surface area contributed by atoms with Crippen molar-refractivity contribution in [2.45, 2.75) is 38.5 Å². The average Bonchev–Trinajstić information content (AvgIpc) is 2.30. The lowest BCUT2D eigenvalue weighted by molar-refractivity contribution is -0.111. The molecule has 80 valence electrons. The summed E-state index contributed by atoms with van der Waals surface area (Å²) >= 11 is 0. The number of hydrogen-bond acceptors (Lipinski definition) is 1. The summed E-state index contributed by atoms with van der Waals surface area (Å²) in [5.41, 5.74) is 2.88. The Bertz CT molecular complexity index is 335. The summed E-state index contributed by atoms with van der Waals surface area (Å²) in [7, 11) is 0. The van der Waals surface area contributed by atoms with E-state index in [1.165, 1.54) is 24.0 Å². The fourth-order valence-corrected chi connectivity index (χ4v) is 2.61. The zero-order chi connectivity index (χ0) is 10.7. The number of carbonyl (C=O) groups is 1. The Morgan fingerprint density at radius 2 is 1.80 bits per heavy atom. The Kier molecular flexibility index (Phi) is 3.20. The molecular formula is C14H18O. The van der Waals surface area contributed by atoms with Gasteiger partial charge < -0.3 is 4.79 Å². The molecule has 1 nitrogen and oxygen atoms in total. The molecule has 0 amide bonds. The van der Waals surface area contributed by atoms with E-state index in [2.05, 4.69) is 31.2 Å². The van der Waals surface area contributed by atoms with Gasteiger partial charge in [-0.3, -0.25) is 0 Å². The fourth-order valence-electron chi connectivity index (χ4n) is 2.61. The van der Waals surface area contributed by atoms with Crippen molar-refractivity contribution in [3.8, 4) is 0 Å². The van der Waals surface area contributed by atoms with E-state index in [1.54, 1.807) is 0 Å². The summed E-state index contributed by atoms with van der Waals surface area (Å²) < 4.78 is 0. The second-order valence-electron chi connectivity index (χ2n) is 4.60. The van der Waals surface area contributed by atoms with E-state index in [9.17, 15) is 4.79 Å². The quantitative estimate of drug-likeness (QED) is 0.671. The van der Waals surface area contributed by atoms with Gasteiger partial charge in [-0.2, -0.15) is 0 Å². The van der Waals surface area contributed by atoms with Gasteiger partial charge in [0.25, 0.3) is 0 Å². The van der Waals surface area contributed by atoms with Crippen molar-refractivity contribution < 1.29 is 4.79 Å². The van der Waals surface area contributed by atoms with Crippen molar-refractivity contribution >= 4 is 6.29 Å². The van der Waals surface area contributed by atoms with Gasteiger partial charge in [-0.25, -0.2) is 0 Å². The Morgan fingerprint density at radius 3 is 2.40 bits per heavy atom. The summed E-state index contributed by atoms with van der Waals surface area (Å²) in [6.07, 6.45) is 5.63. The van der Waals surface area contributed by atoms with Crippen LogP contribution in [0.25, 0.3) is 0 Å². The molecule has 0 heterocycles. The van der Waals surface area contributed by atoms with E-state index in [1.807, 2.05) is 0 Å². The second-order valence-corrected chi connectivity index (χ2v) is 4.60. The van der Waals surface area contributed by atoms with E-state index in [4.69, 9.17) is 0 Å². The van der Waals surface area contributed by atoms with Crippen molar-refractivity contribution in [3.05, 3.63) is 35.4 Å². The lowest BCUT2D eigenvalue weighted by Gasteiger charge is -2.26. The first kappa shape index (κ1) is 10.4. The molecule has 2 rings (SSSR count). The number of benzene rings is 1. The predicted molar refractivity (Wildman–Crippen MR) is 61.9 cm³/mol. The lowest BCUT2D eigenvalue weighted by atomic mass is 9.78. The lowest BCUT2D eigenvalue weighted by Crippen LogP contribution is -2.14. The van der Waals surface area contributed by atoms with Gasteiger partial charge in [-0.15, -0.1) is 0 Å². The first-order valence-corrected chi connectivity index (χ1v) is 5.82. The van der Waals surface area contributed by atoms with Crippen molar-refractivity contribution in [2.75, 3.05) is 0 Å². The maximum absolute atomic E-state index is 10.7. The van der Waals surface area contributed by atoms with Gasteiger partial charge in [0.2, 0.25) is 0 Å². The normalized spacial score (nSPS) is 26.2. The topological polar surface area (TPSA) is 17.1 Å². The van der Waals surface area contributed by atoms with E-state index in [-0.39, 0.29) is 0 Å². The van der Waals surface area contributed by atoms with Crippen LogP contribution in [-0.2, 0) is 4.79 Å². The molecule has 1 aromatic carbocycles. The molecule has 1 fully saturated rings. The van der Waals surface area contributed by atoms with E-state index in [0.717, 1.165) is 19.1 Å². The zero-order valence-corrected chi connectivity index (χ0v) is 9.28. The Morgan fingerprint density at radius 1 is 1.13 bits per heavy atom. The molecule has 0 atom stereocenters. The summed E-state index contributed by atoms with van der Waals surface area (Å²) in [6.45, 7) is 2.18. The highest BCUT2D eigenvalue weighted by atomic mass is 16.1. The van der Waals surface area contributed by atoms with Gasteiger partial charge in [0, 0.05) is 5.92 Å². The molecule has 1 aliphatic carbocycles.